The van der Waals surface area contributed by atoms with Gasteiger partial charge in [0.25, 0.3) is 0 Å². The van der Waals surface area contributed by atoms with Crippen molar-refractivity contribution in [2.24, 2.45) is 0 Å². The average molecular weight is 534 g/mol. The van der Waals surface area contributed by atoms with Crippen molar-refractivity contribution >= 4 is 27.5 Å². The van der Waals surface area contributed by atoms with Gasteiger partial charge in [-0.25, -0.2) is 8.42 Å². The highest BCUT2D eigenvalue weighted by Gasteiger charge is 2.27. The van der Waals surface area contributed by atoms with E-state index in [9.17, 15) is 18.0 Å². The van der Waals surface area contributed by atoms with Crippen LogP contribution in [0, 0.1) is 0 Å². The smallest absolute Gasteiger partial charge is 0.242 e. The summed E-state index contributed by atoms with van der Waals surface area (Å²) in [7, 11) is -0.559. The van der Waals surface area contributed by atoms with Gasteiger partial charge in [-0.1, -0.05) is 31.2 Å². The number of sulfonamides is 1. The largest absolute Gasteiger partial charge is 0.497 e. The first-order valence-corrected chi connectivity index (χ1v) is 14.2. The minimum absolute atomic E-state index is 0.0166. The van der Waals surface area contributed by atoms with Crippen molar-refractivity contribution in [1.82, 2.24) is 10.2 Å². The molecule has 0 aliphatic heterocycles. The Bertz CT molecular complexity index is 1140. The zero-order valence-corrected chi connectivity index (χ0v) is 23.4. The highest BCUT2D eigenvalue weighted by atomic mass is 32.2. The number of hydrogen-bond donors (Lipinski definition) is 1. The molecular formula is C27H39N3O6S. The van der Waals surface area contributed by atoms with Crippen molar-refractivity contribution in [2.45, 2.75) is 58.7 Å². The van der Waals surface area contributed by atoms with Crippen LogP contribution in [0.5, 0.6) is 11.5 Å². The van der Waals surface area contributed by atoms with Crippen molar-refractivity contribution < 1.29 is 27.5 Å². The summed E-state index contributed by atoms with van der Waals surface area (Å²) in [6.45, 7) is 5.93. The molecule has 2 aromatic carbocycles. The van der Waals surface area contributed by atoms with Crippen molar-refractivity contribution in [3.8, 4) is 11.5 Å². The van der Waals surface area contributed by atoms with E-state index in [1.807, 2.05) is 26.0 Å². The average Bonchev–Trinajstić information content (AvgIpc) is 2.88. The molecule has 0 fully saturated rings. The van der Waals surface area contributed by atoms with E-state index >= 15 is 0 Å². The molecule has 1 N–H and O–H groups in total. The van der Waals surface area contributed by atoms with E-state index in [4.69, 9.17) is 9.47 Å². The first kappa shape index (κ1) is 30.0. The second kappa shape index (κ2) is 13.9. The highest BCUT2D eigenvalue weighted by molar-refractivity contribution is 7.92. The van der Waals surface area contributed by atoms with Gasteiger partial charge in [-0.05, 0) is 56.5 Å². The lowest BCUT2D eigenvalue weighted by Gasteiger charge is -2.30. The van der Waals surface area contributed by atoms with Gasteiger partial charge in [0.2, 0.25) is 21.8 Å². The summed E-state index contributed by atoms with van der Waals surface area (Å²) < 4.78 is 36.9. The van der Waals surface area contributed by atoms with Gasteiger partial charge in [-0.15, -0.1) is 0 Å². The summed E-state index contributed by atoms with van der Waals surface area (Å²) in [6, 6.07) is 13.4. The number of carbonyl (C=O) groups excluding carboxylic acids is 2. The molecule has 0 radical (unpaired) electrons. The molecule has 0 aliphatic carbocycles. The van der Waals surface area contributed by atoms with E-state index in [0.717, 1.165) is 18.2 Å². The number of amides is 2. The Kier molecular flexibility index (Phi) is 11.2. The van der Waals surface area contributed by atoms with E-state index in [1.165, 1.54) is 16.3 Å². The third-order valence-corrected chi connectivity index (χ3v) is 7.37. The number of carbonyl (C=O) groups is 2. The van der Waals surface area contributed by atoms with Crippen LogP contribution in [0.25, 0.3) is 0 Å². The minimum atomic E-state index is -3.62. The van der Waals surface area contributed by atoms with Crippen LogP contribution >= 0.6 is 0 Å². The van der Waals surface area contributed by atoms with Gasteiger partial charge < -0.3 is 19.7 Å². The van der Waals surface area contributed by atoms with Crippen LogP contribution in [0.3, 0.4) is 0 Å². The topological polar surface area (TPSA) is 105 Å². The Morgan fingerprint density at radius 3 is 2.22 bits per heavy atom. The van der Waals surface area contributed by atoms with Crippen LogP contribution < -0.4 is 19.1 Å². The molecule has 2 aromatic rings. The van der Waals surface area contributed by atoms with Gasteiger partial charge in [0.1, 0.15) is 17.5 Å². The summed E-state index contributed by atoms with van der Waals surface area (Å²) >= 11 is 0. The normalized spacial score (nSPS) is 12.8. The van der Waals surface area contributed by atoms with E-state index in [-0.39, 0.29) is 43.8 Å². The fourth-order valence-electron chi connectivity index (χ4n) is 3.79. The molecule has 0 bridgehead atoms. The third-order valence-electron chi connectivity index (χ3n) is 6.19. The number of rotatable bonds is 14. The van der Waals surface area contributed by atoms with Gasteiger partial charge in [-0.2, -0.15) is 0 Å². The minimum Gasteiger partial charge on any atom is -0.497 e. The number of hydrogen-bond acceptors (Lipinski definition) is 6. The second-order valence-electron chi connectivity index (χ2n) is 8.97. The van der Waals surface area contributed by atoms with Crippen LogP contribution in [0.15, 0.2) is 48.5 Å². The van der Waals surface area contributed by atoms with Gasteiger partial charge >= 0.3 is 0 Å². The van der Waals surface area contributed by atoms with Crippen LogP contribution in [0.1, 0.15) is 45.6 Å². The maximum absolute atomic E-state index is 13.4. The maximum atomic E-state index is 13.4. The predicted octanol–water partition coefficient (Wildman–Crippen LogP) is 3.58. The molecule has 2 amide bonds. The van der Waals surface area contributed by atoms with E-state index in [0.29, 0.717) is 17.2 Å². The number of nitrogens with one attached hydrogen (secondary N) is 1. The third kappa shape index (κ3) is 8.66. The van der Waals surface area contributed by atoms with Crippen LogP contribution in [0.4, 0.5) is 5.69 Å². The zero-order chi connectivity index (χ0) is 27.6. The summed E-state index contributed by atoms with van der Waals surface area (Å²) in [5.41, 5.74) is 1.26. The molecule has 0 saturated heterocycles. The summed E-state index contributed by atoms with van der Waals surface area (Å²) in [6.07, 6.45) is 2.23. The van der Waals surface area contributed by atoms with Crippen LogP contribution in [-0.2, 0) is 26.2 Å². The van der Waals surface area contributed by atoms with Crippen molar-refractivity contribution in [3.05, 3.63) is 54.1 Å². The molecule has 2 rings (SSSR count). The fraction of sp³-hybridized carbons (Fsp3) is 0.481. The van der Waals surface area contributed by atoms with Gasteiger partial charge in [0.15, 0.2) is 0 Å². The van der Waals surface area contributed by atoms with Gasteiger partial charge in [0, 0.05) is 25.6 Å². The molecule has 37 heavy (non-hydrogen) atoms. The Hall–Kier alpha value is -3.27. The molecule has 9 nitrogen and oxygen atoms in total. The Morgan fingerprint density at radius 1 is 1.00 bits per heavy atom. The summed E-state index contributed by atoms with van der Waals surface area (Å²) in [5.74, 6) is 0.649. The lowest BCUT2D eigenvalue weighted by Crippen LogP contribution is -2.49. The summed E-state index contributed by atoms with van der Waals surface area (Å²) in [4.78, 5) is 27.8. The van der Waals surface area contributed by atoms with E-state index in [1.54, 1.807) is 50.4 Å². The van der Waals surface area contributed by atoms with E-state index in [2.05, 4.69) is 5.32 Å². The molecule has 0 spiro atoms. The number of nitrogens with zero attached hydrogens (tertiary/aromatic N) is 2. The monoisotopic (exact) mass is 533 g/mol. The molecule has 10 heteroatoms. The highest BCUT2D eigenvalue weighted by Crippen LogP contribution is 2.29. The molecule has 0 aliphatic rings. The molecule has 0 saturated carbocycles. The molecule has 0 aromatic heterocycles. The van der Waals surface area contributed by atoms with E-state index < -0.39 is 16.1 Å². The second-order valence-corrected chi connectivity index (χ2v) is 10.9. The first-order chi connectivity index (χ1) is 17.5. The van der Waals surface area contributed by atoms with Crippen LogP contribution in [-0.4, -0.2) is 64.2 Å². The Morgan fingerprint density at radius 2 is 1.65 bits per heavy atom. The standard InChI is InChI=1S/C27H39N3O6S/c1-7-20(2)28-27(32)21(3)29(19-22-14-16-23(35-4)17-15-22)26(31)13-10-18-30(37(6,33)34)24-11-8-9-12-25(24)36-5/h8-9,11-12,14-17,20-21H,7,10,13,18-19H2,1-6H3,(H,28,32). The lowest BCUT2D eigenvalue weighted by atomic mass is 10.1. The quantitative estimate of drug-likeness (QED) is 0.398. The predicted molar refractivity (Wildman–Crippen MR) is 145 cm³/mol. The maximum Gasteiger partial charge on any atom is 0.242 e. The number of ether oxygens (including phenoxy) is 2. The molecule has 2 atom stereocenters. The van der Waals surface area contributed by atoms with Gasteiger partial charge in [0.05, 0.1) is 26.2 Å². The Labute approximate surface area is 220 Å². The fourth-order valence-corrected chi connectivity index (χ4v) is 4.76. The number of benzene rings is 2. The number of anilines is 1. The first-order valence-electron chi connectivity index (χ1n) is 12.3. The van der Waals surface area contributed by atoms with Crippen molar-refractivity contribution in [3.63, 3.8) is 0 Å². The number of para-hydroxylation sites is 2. The lowest BCUT2D eigenvalue weighted by molar-refractivity contribution is -0.140. The van der Waals surface area contributed by atoms with Gasteiger partial charge in [-0.3, -0.25) is 13.9 Å². The van der Waals surface area contributed by atoms with Crippen LogP contribution in [0.2, 0.25) is 0 Å². The van der Waals surface area contributed by atoms with Crippen molar-refractivity contribution in [1.29, 1.82) is 0 Å². The molecule has 2 unspecified atom stereocenters. The SMILES string of the molecule is CCC(C)NC(=O)C(C)N(Cc1ccc(OC)cc1)C(=O)CCCN(c1ccccc1OC)S(C)(=O)=O. The number of methoxy groups -OCH3 is 2. The zero-order valence-electron chi connectivity index (χ0n) is 22.6. The molecular weight excluding hydrogens is 494 g/mol. The molecule has 204 valence electrons. The van der Waals surface area contributed by atoms with Crippen molar-refractivity contribution in [2.75, 3.05) is 31.3 Å². The Balaban J connectivity index is 2.20. The molecule has 0 heterocycles. The summed E-state index contributed by atoms with van der Waals surface area (Å²) in [5, 5.41) is 2.94.